The molecule has 0 fully saturated rings. The van der Waals surface area contributed by atoms with E-state index in [9.17, 15) is 18.0 Å². The molecule has 0 unspecified atom stereocenters. The molecule has 0 aromatic heterocycles. The second-order valence-electron chi connectivity index (χ2n) is 6.91. The van der Waals surface area contributed by atoms with E-state index in [1.807, 2.05) is 6.92 Å². The standard InChI is InChI=1S/C23H21ClN2O6S/c1-15-7-8-16(13-20(15)24)26-33(29,30)18-11-9-17(10-12-18)32-14-22(27)25-21-6-4-3-5-19(21)23(28)31-2/h3-13,26H,14H2,1-2H3,(H,25,27). The lowest BCUT2D eigenvalue weighted by molar-refractivity contribution is -0.118. The summed E-state index contributed by atoms with van der Waals surface area (Å²) >= 11 is 6.05. The van der Waals surface area contributed by atoms with Crippen LogP contribution in [0.15, 0.2) is 71.6 Å². The molecule has 0 atom stereocenters. The molecule has 0 radical (unpaired) electrons. The molecule has 172 valence electrons. The maximum absolute atomic E-state index is 12.6. The Kier molecular flexibility index (Phi) is 7.57. The van der Waals surface area contributed by atoms with E-state index in [0.29, 0.717) is 22.1 Å². The smallest absolute Gasteiger partial charge is 0.339 e. The fourth-order valence-corrected chi connectivity index (χ4v) is 4.03. The van der Waals surface area contributed by atoms with Crippen LogP contribution in [0.5, 0.6) is 5.75 Å². The first kappa shape index (κ1) is 24.1. The van der Waals surface area contributed by atoms with Gasteiger partial charge in [0.2, 0.25) is 0 Å². The zero-order valence-electron chi connectivity index (χ0n) is 17.8. The van der Waals surface area contributed by atoms with E-state index >= 15 is 0 Å². The molecule has 0 spiro atoms. The molecule has 8 nitrogen and oxygen atoms in total. The van der Waals surface area contributed by atoms with Crippen molar-refractivity contribution in [2.75, 3.05) is 23.8 Å². The molecular formula is C23H21ClN2O6S. The topological polar surface area (TPSA) is 111 Å². The number of ether oxygens (including phenoxy) is 2. The van der Waals surface area contributed by atoms with E-state index in [1.165, 1.54) is 43.5 Å². The molecule has 10 heteroatoms. The van der Waals surface area contributed by atoms with Gasteiger partial charge in [-0.2, -0.15) is 0 Å². The van der Waals surface area contributed by atoms with Crippen LogP contribution in [0, 0.1) is 6.92 Å². The number of aryl methyl sites for hydroxylation is 1. The van der Waals surface area contributed by atoms with Crippen molar-refractivity contribution in [3.05, 3.63) is 82.9 Å². The summed E-state index contributed by atoms with van der Waals surface area (Å²) in [5.74, 6) is -0.783. The Balaban J connectivity index is 1.61. The highest BCUT2D eigenvalue weighted by Crippen LogP contribution is 2.24. The van der Waals surface area contributed by atoms with Crippen molar-refractivity contribution in [2.45, 2.75) is 11.8 Å². The molecule has 1 amide bonds. The summed E-state index contributed by atoms with van der Waals surface area (Å²) in [7, 11) is -2.59. The molecule has 0 aliphatic heterocycles. The van der Waals surface area contributed by atoms with Crippen LogP contribution in [0.25, 0.3) is 0 Å². The van der Waals surface area contributed by atoms with Gasteiger partial charge in [0.1, 0.15) is 5.75 Å². The largest absolute Gasteiger partial charge is 0.484 e. The SMILES string of the molecule is COC(=O)c1ccccc1NC(=O)COc1ccc(S(=O)(=O)Nc2ccc(C)c(Cl)c2)cc1. The fraction of sp³-hybridized carbons (Fsp3) is 0.130. The number of hydrogen-bond acceptors (Lipinski definition) is 6. The average Bonchev–Trinajstić information content (AvgIpc) is 2.80. The molecule has 0 saturated heterocycles. The summed E-state index contributed by atoms with van der Waals surface area (Å²) in [4.78, 5) is 24.0. The minimum absolute atomic E-state index is 0.0167. The maximum atomic E-state index is 12.6. The fourth-order valence-electron chi connectivity index (χ4n) is 2.80. The van der Waals surface area contributed by atoms with Crippen LogP contribution in [-0.2, 0) is 19.6 Å². The Morgan fingerprint density at radius 1 is 1.00 bits per heavy atom. The molecule has 0 aliphatic rings. The van der Waals surface area contributed by atoms with E-state index in [0.717, 1.165) is 5.56 Å². The van der Waals surface area contributed by atoms with Gasteiger partial charge in [0.25, 0.3) is 15.9 Å². The first-order chi connectivity index (χ1) is 15.7. The number of benzene rings is 3. The maximum Gasteiger partial charge on any atom is 0.339 e. The van der Waals surface area contributed by atoms with Gasteiger partial charge in [-0.25, -0.2) is 13.2 Å². The number of methoxy groups -OCH3 is 1. The number of para-hydroxylation sites is 1. The van der Waals surface area contributed by atoms with Gasteiger partial charge in [-0.05, 0) is 61.0 Å². The van der Waals surface area contributed by atoms with Crippen LogP contribution in [-0.4, -0.2) is 34.0 Å². The van der Waals surface area contributed by atoms with Gasteiger partial charge >= 0.3 is 5.97 Å². The first-order valence-corrected chi connectivity index (χ1v) is 11.5. The molecule has 2 N–H and O–H groups in total. The molecule has 0 heterocycles. The molecule has 3 aromatic carbocycles. The predicted octanol–water partition coefficient (Wildman–Crippen LogP) is 4.25. The van der Waals surface area contributed by atoms with Crippen molar-refractivity contribution in [3.8, 4) is 5.75 Å². The van der Waals surface area contributed by atoms with E-state index in [1.54, 1.807) is 30.3 Å². The van der Waals surface area contributed by atoms with Gasteiger partial charge < -0.3 is 14.8 Å². The summed E-state index contributed by atoms with van der Waals surface area (Å²) in [6.45, 7) is 1.47. The van der Waals surface area contributed by atoms with Crippen molar-refractivity contribution in [1.29, 1.82) is 0 Å². The van der Waals surface area contributed by atoms with Crippen molar-refractivity contribution in [1.82, 2.24) is 0 Å². The van der Waals surface area contributed by atoms with Gasteiger partial charge in [0, 0.05) is 5.02 Å². The van der Waals surface area contributed by atoms with E-state index in [4.69, 9.17) is 21.1 Å². The van der Waals surface area contributed by atoms with Gasteiger partial charge in [0.05, 0.1) is 28.9 Å². The molecule has 3 aromatic rings. The number of rotatable bonds is 8. The third kappa shape index (κ3) is 6.24. The number of carbonyl (C=O) groups is 2. The Labute approximate surface area is 196 Å². The van der Waals surface area contributed by atoms with Gasteiger partial charge in [-0.3, -0.25) is 9.52 Å². The lowest BCUT2D eigenvalue weighted by Crippen LogP contribution is -2.21. The summed E-state index contributed by atoms with van der Waals surface area (Å²) in [6.07, 6.45) is 0. The van der Waals surface area contributed by atoms with Crippen molar-refractivity contribution in [2.24, 2.45) is 0 Å². The molecule has 0 aliphatic carbocycles. The zero-order valence-corrected chi connectivity index (χ0v) is 19.4. The summed E-state index contributed by atoms with van der Waals surface area (Å²) < 4.78 is 37.8. The second-order valence-corrected chi connectivity index (χ2v) is 9.00. The number of halogens is 1. The normalized spacial score (nSPS) is 10.9. The number of anilines is 2. The number of hydrogen-bond donors (Lipinski definition) is 2. The minimum Gasteiger partial charge on any atom is -0.484 e. The number of sulfonamides is 1. The van der Waals surface area contributed by atoms with Crippen LogP contribution in [0.3, 0.4) is 0 Å². The van der Waals surface area contributed by atoms with Crippen molar-refractivity contribution >= 4 is 44.9 Å². The second kappa shape index (κ2) is 10.4. The lowest BCUT2D eigenvalue weighted by Gasteiger charge is -2.11. The summed E-state index contributed by atoms with van der Waals surface area (Å²) in [5.41, 5.74) is 1.68. The van der Waals surface area contributed by atoms with Crippen molar-refractivity contribution in [3.63, 3.8) is 0 Å². The average molecular weight is 489 g/mol. The third-order valence-electron chi connectivity index (χ3n) is 4.53. The highest BCUT2D eigenvalue weighted by Gasteiger charge is 2.16. The molecule has 0 saturated carbocycles. The molecular weight excluding hydrogens is 468 g/mol. The Hall–Kier alpha value is -3.56. The van der Waals surface area contributed by atoms with Crippen LogP contribution in [0.4, 0.5) is 11.4 Å². The molecule has 3 rings (SSSR count). The Morgan fingerprint density at radius 3 is 2.36 bits per heavy atom. The Bertz CT molecular complexity index is 1280. The van der Waals surface area contributed by atoms with Gasteiger partial charge in [-0.1, -0.05) is 29.8 Å². The van der Waals surface area contributed by atoms with E-state index < -0.39 is 21.9 Å². The number of carbonyl (C=O) groups excluding carboxylic acids is 2. The number of nitrogens with one attached hydrogen (secondary N) is 2. The van der Waals surface area contributed by atoms with E-state index in [2.05, 4.69) is 10.0 Å². The predicted molar refractivity (Wildman–Crippen MR) is 125 cm³/mol. The van der Waals surface area contributed by atoms with Crippen LogP contribution >= 0.6 is 11.6 Å². The molecule has 0 bridgehead atoms. The lowest BCUT2D eigenvalue weighted by atomic mass is 10.2. The van der Waals surface area contributed by atoms with Crippen LogP contribution < -0.4 is 14.8 Å². The Morgan fingerprint density at radius 2 is 1.70 bits per heavy atom. The summed E-state index contributed by atoms with van der Waals surface area (Å²) in [6, 6.07) is 16.9. The molecule has 33 heavy (non-hydrogen) atoms. The number of amides is 1. The zero-order chi connectivity index (χ0) is 24.0. The summed E-state index contributed by atoms with van der Waals surface area (Å²) in [5, 5.41) is 3.04. The van der Waals surface area contributed by atoms with E-state index in [-0.39, 0.29) is 17.1 Å². The van der Waals surface area contributed by atoms with Crippen molar-refractivity contribution < 1.29 is 27.5 Å². The van der Waals surface area contributed by atoms with Gasteiger partial charge in [0.15, 0.2) is 6.61 Å². The highest BCUT2D eigenvalue weighted by molar-refractivity contribution is 7.92. The minimum atomic E-state index is -3.83. The first-order valence-electron chi connectivity index (χ1n) is 9.68. The number of esters is 1. The monoisotopic (exact) mass is 488 g/mol. The van der Waals surface area contributed by atoms with Crippen LogP contribution in [0.1, 0.15) is 15.9 Å². The quantitative estimate of drug-likeness (QED) is 0.458. The van der Waals surface area contributed by atoms with Crippen LogP contribution in [0.2, 0.25) is 5.02 Å². The third-order valence-corrected chi connectivity index (χ3v) is 6.34. The highest BCUT2D eigenvalue weighted by atomic mass is 35.5. The van der Waals surface area contributed by atoms with Gasteiger partial charge in [-0.15, -0.1) is 0 Å².